The molecule has 2 rings (SSSR count). The molecule has 1 saturated carbocycles. The smallest absolute Gasteiger partial charge is 0.338 e. The predicted molar refractivity (Wildman–Crippen MR) is 76.4 cm³/mol. The molecule has 0 heterocycles. The van der Waals surface area contributed by atoms with Crippen LogP contribution < -0.4 is 11.1 Å². The summed E-state index contributed by atoms with van der Waals surface area (Å²) in [6.07, 6.45) is 4.39. The van der Waals surface area contributed by atoms with Crippen molar-refractivity contribution in [2.24, 2.45) is 5.73 Å². The monoisotopic (exact) mass is 262 g/mol. The van der Waals surface area contributed by atoms with E-state index in [1.807, 2.05) is 19.1 Å². The zero-order valence-corrected chi connectivity index (χ0v) is 11.6. The predicted octanol–water partition coefficient (Wildman–Crippen LogP) is 2.46. The number of nitrogens with two attached hydrogens (primary N) is 1. The van der Waals surface area contributed by atoms with E-state index in [2.05, 4.69) is 5.32 Å². The summed E-state index contributed by atoms with van der Waals surface area (Å²) in [4.78, 5) is 11.7. The first-order valence-electron chi connectivity index (χ1n) is 6.82. The van der Waals surface area contributed by atoms with Crippen molar-refractivity contribution in [2.45, 2.75) is 44.7 Å². The first kappa shape index (κ1) is 13.9. The highest BCUT2D eigenvalue weighted by Gasteiger charge is 2.20. The van der Waals surface area contributed by atoms with Crippen LogP contribution >= 0.6 is 0 Å². The maximum atomic E-state index is 11.7. The standard InChI is InChI=1S/C15H22N2O2/c1-10-13(15(18)19-2)7-4-8-14(10)17-12-6-3-5-11(16)9-12/h4,7-8,11-12,17H,3,5-6,9,16H2,1-2H3. The lowest BCUT2D eigenvalue weighted by molar-refractivity contribution is 0.0600. The minimum absolute atomic E-state index is 0.287. The van der Waals surface area contributed by atoms with Gasteiger partial charge in [0.25, 0.3) is 0 Å². The highest BCUT2D eigenvalue weighted by atomic mass is 16.5. The molecule has 3 N–H and O–H groups in total. The van der Waals surface area contributed by atoms with Crippen LogP contribution in [0.2, 0.25) is 0 Å². The van der Waals surface area contributed by atoms with Gasteiger partial charge in [0.2, 0.25) is 0 Å². The third kappa shape index (κ3) is 3.26. The van der Waals surface area contributed by atoms with E-state index in [1.165, 1.54) is 7.11 Å². The summed E-state index contributed by atoms with van der Waals surface area (Å²) in [7, 11) is 1.40. The molecule has 19 heavy (non-hydrogen) atoms. The van der Waals surface area contributed by atoms with Crippen molar-refractivity contribution in [3.63, 3.8) is 0 Å². The van der Waals surface area contributed by atoms with E-state index in [9.17, 15) is 4.79 Å². The van der Waals surface area contributed by atoms with Crippen molar-refractivity contribution >= 4 is 11.7 Å². The Hall–Kier alpha value is -1.55. The second-order valence-electron chi connectivity index (χ2n) is 5.24. The lowest BCUT2D eigenvalue weighted by Gasteiger charge is -2.29. The van der Waals surface area contributed by atoms with Gasteiger partial charge in [0.05, 0.1) is 12.7 Å². The Morgan fingerprint density at radius 1 is 1.42 bits per heavy atom. The summed E-state index contributed by atoms with van der Waals surface area (Å²) in [6.45, 7) is 1.94. The molecule has 2 unspecified atom stereocenters. The molecule has 1 aliphatic rings. The van der Waals surface area contributed by atoms with E-state index in [4.69, 9.17) is 10.5 Å². The summed E-state index contributed by atoms with van der Waals surface area (Å²) >= 11 is 0. The van der Waals surface area contributed by atoms with Gasteiger partial charge in [0.15, 0.2) is 0 Å². The van der Waals surface area contributed by atoms with Crippen molar-refractivity contribution in [1.82, 2.24) is 0 Å². The number of esters is 1. The van der Waals surface area contributed by atoms with Gasteiger partial charge in [-0.05, 0) is 50.3 Å². The number of nitrogens with one attached hydrogen (secondary N) is 1. The zero-order chi connectivity index (χ0) is 13.8. The Morgan fingerprint density at radius 2 is 2.21 bits per heavy atom. The highest BCUT2D eigenvalue weighted by molar-refractivity contribution is 5.92. The van der Waals surface area contributed by atoms with E-state index in [0.717, 1.165) is 36.9 Å². The van der Waals surface area contributed by atoms with E-state index in [0.29, 0.717) is 11.6 Å². The molecule has 0 amide bonds. The lowest BCUT2D eigenvalue weighted by Crippen LogP contribution is -2.35. The van der Waals surface area contributed by atoms with Crippen molar-refractivity contribution in [3.8, 4) is 0 Å². The topological polar surface area (TPSA) is 64.3 Å². The maximum absolute atomic E-state index is 11.7. The largest absolute Gasteiger partial charge is 0.465 e. The van der Waals surface area contributed by atoms with Crippen LogP contribution in [0.1, 0.15) is 41.6 Å². The number of anilines is 1. The minimum atomic E-state index is -0.290. The van der Waals surface area contributed by atoms with Gasteiger partial charge in [-0.1, -0.05) is 6.07 Å². The third-order valence-corrected chi connectivity index (χ3v) is 3.81. The second-order valence-corrected chi connectivity index (χ2v) is 5.24. The van der Waals surface area contributed by atoms with Crippen LogP contribution in [0.3, 0.4) is 0 Å². The number of methoxy groups -OCH3 is 1. The number of hydrogen-bond acceptors (Lipinski definition) is 4. The van der Waals surface area contributed by atoms with Crippen LogP contribution in [0.4, 0.5) is 5.69 Å². The summed E-state index contributed by atoms with van der Waals surface area (Å²) < 4.78 is 4.79. The average molecular weight is 262 g/mol. The molecule has 4 nitrogen and oxygen atoms in total. The molecule has 1 aromatic carbocycles. The Kier molecular flexibility index (Phi) is 4.43. The van der Waals surface area contributed by atoms with Gasteiger partial charge in [-0.25, -0.2) is 4.79 Å². The normalized spacial score (nSPS) is 22.9. The fourth-order valence-electron chi connectivity index (χ4n) is 2.70. The summed E-state index contributed by atoms with van der Waals surface area (Å²) in [5, 5.41) is 3.51. The molecule has 2 atom stereocenters. The van der Waals surface area contributed by atoms with Crippen LogP contribution in [0, 0.1) is 6.92 Å². The Morgan fingerprint density at radius 3 is 2.89 bits per heavy atom. The molecule has 0 aromatic heterocycles. The zero-order valence-electron chi connectivity index (χ0n) is 11.6. The van der Waals surface area contributed by atoms with Gasteiger partial charge in [-0.3, -0.25) is 0 Å². The van der Waals surface area contributed by atoms with Crippen LogP contribution in [0.15, 0.2) is 18.2 Å². The molecular formula is C15H22N2O2. The van der Waals surface area contributed by atoms with Gasteiger partial charge in [0, 0.05) is 17.8 Å². The molecule has 1 aromatic rings. The van der Waals surface area contributed by atoms with Crippen molar-refractivity contribution in [2.75, 3.05) is 12.4 Å². The molecule has 104 valence electrons. The van der Waals surface area contributed by atoms with E-state index < -0.39 is 0 Å². The number of carbonyl (C=O) groups is 1. The molecule has 0 spiro atoms. The fourth-order valence-corrected chi connectivity index (χ4v) is 2.70. The number of benzene rings is 1. The molecule has 0 bridgehead atoms. The van der Waals surface area contributed by atoms with Crippen LogP contribution in [0.25, 0.3) is 0 Å². The van der Waals surface area contributed by atoms with Gasteiger partial charge in [-0.15, -0.1) is 0 Å². The molecular weight excluding hydrogens is 240 g/mol. The van der Waals surface area contributed by atoms with Gasteiger partial charge in [-0.2, -0.15) is 0 Å². The average Bonchev–Trinajstić information content (AvgIpc) is 2.40. The van der Waals surface area contributed by atoms with Gasteiger partial charge >= 0.3 is 5.97 Å². The van der Waals surface area contributed by atoms with Crippen LogP contribution in [0.5, 0.6) is 0 Å². The SMILES string of the molecule is COC(=O)c1cccc(NC2CCCC(N)C2)c1C. The molecule has 4 heteroatoms. The first-order chi connectivity index (χ1) is 9.11. The van der Waals surface area contributed by atoms with Gasteiger partial charge < -0.3 is 15.8 Å². The number of carbonyl (C=O) groups excluding carboxylic acids is 1. The summed E-state index contributed by atoms with van der Waals surface area (Å²) in [5.74, 6) is -0.290. The third-order valence-electron chi connectivity index (χ3n) is 3.81. The van der Waals surface area contributed by atoms with E-state index in [-0.39, 0.29) is 12.0 Å². The van der Waals surface area contributed by atoms with Crippen LogP contribution in [-0.2, 0) is 4.74 Å². The second kappa shape index (κ2) is 6.06. The van der Waals surface area contributed by atoms with E-state index in [1.54, 1.807) is 6.07 Å². The molecule has 0 saturated heterocycles. The lowest BCUT2D eigenvalue weighted by atomic mass is 9.91. The van der Waals surface area contributed by atoms with Crippen molar-refractivity contribution < 1.29 is 9.53 Å². The summed E-state index contributed by atoms with van der Waals surface area (Å²) in [6, 6.07) is 6.36. The molecule has 0 aliphatic heterocycles. The number of ether oxygens (including phenoxy) is 1. The minimum Gasteiger partial charge on any atom is -0.465 e. The van der Waals surface area contributed by atoms with Crippen molar-refractivity contribution in [1.29, 1.82) is 0 Å². The molecule has 1 aliphatic carbocycles. The van der Waals surface area contributed by atoms with Crippen molar-refractivity contribution in [3.05, 3.63) is 29.3 Å². The number of rotatable bonds is 3. The first-order valence-corrected chi connectivity index (χ1v) is 6.82. The van der Waals surface area contributed by atoms with E-state index >= 15 is 0 Å². The van der Waals surface area contributed by atoms with Crippen LogP contribution in [-0.4, -0.2) is 25.2 Å². The van der Waals surface area contributed by atoms with Gasteiger partial charge in [0.1, 0.15) is 0 Å². The Labute approximate surface area is 114 Å². The molecule has 1 fully saturated rings. The quantitative estimate of drug-likeness (QED) is 0.821. The Bertz CT molecular complexity index is 459. The highest BCUT2D eigenvalue weighted by Crippen LogP contribution is 2.25. The fraction of sp³-hybridized carbons (Fsp3) is 0.533. The molecule has 0 radical (unpaired) electrons. The Balaban J connectivity index is 2.14. The number of hydrogen-bond donors (Lipinski definition) is 2. The summed E-state index contributed by atoms with van der Waals surface area (Å²) in [5.41, 5.74) is 8.56. The maximum Gasteiger partial charge on any atom is 0.338 e.